The summed E-state index contributed by atoms with van der Waals surface area (Å²) in [5.41, 5.74) is 0.787. The summed E-state index contributed by atoms with van der Waals surface area (Å²) in [6.07, 6.45) is 5.09. The third-order valence-electron chi connectivity index (χ3n) is 8.23. The Morgan fingerprint density at radius 3 is 2.36 bits per heavy atom. The third kappa shape index (κ3) is 8.91. The molecule has 2 aliphatic heterocycles. The van der Waals surface area contributed by atoms with E-state index in [1.54, 1.807) is 24.1 Å². The second kappa shape index (κ2) is 16.1. The lowest BCUT2D eigenvalue weighted by molar-refractivity contribution is -0.149. The molecule has 1 aromatic carbocycles. The minimum absolute atomic E-state index is 0.160. The molecule has 2 heterocycles. The molecule has 232 valence electrons. The number of nitrogens with zero attached hydrogens (tertiary/aromatic N) is 2. The molecule has 0 aromatic heterocycles. The van der Waals surface area contributed by atoms with Crippen LogP contribution in [0.1, 0.15) is 70.8 Å². The van der Waals surface area contributed by atoms with E-state index in [0.717, 1.165) is 18.4 Å². The van der Waals surface area contributed by atoms with Crippen LogP contribution in [0.2, 0.25) is 0 Å². The van der Waals surface area contributed by atoms with Crippen molar-refractivity contribution in [1.29, 1.82) is 0 Å². The van der Waals surface area contributed by atoms with Gasteiger partial charge in [0.25, 0.3) is 0 Å². The van der Waals surface area contributed by atoms with Gasteiger partial charge in [-0.3, -0.25) is 29.2 Å². The number of piperidine rings is 1. The van der Waals surface area contributed by atoms with Crippen molar-refractivity contribution in [2.45, 2.75) is 95.8 Å². The minimum atomic E-state index is -0.989. The molecule has 0 aliphatic carbocycles. The fourth-order valence-electron chi connectivity index (χ4n) is 5.45. The van der Waals surface area contributed by atoms with Crippen molar-refractivity contribution in [2.24, 2.45) is 5.92 Å². The molecular weight excluding hydrogens is 542 g/mol. The van der Waals surface area contributed by atoms with Gasteiger partial charge < -0.3 is 25.6 Å². The highest BCUT2D eigenvalue weighted by Gasteiger charge is 2.40. The maximum Gasteiger partial charge on any atom is 0.246 e. The number of carbonyl (C=O) groups excluding carboxylic acids is 5. The van der Waals surface area contributed by atoms with Crippen molar-refractivity contribution in [1.82, 2.24) is 25.9 Å². The molecule has 1 aromatic rings. The average molecular weight is 588 g/mol. The van der Waals surface area contributed by atoms with Gasteiger partial charge in [0.2, 0.25) is 30.0 Å². The van der Waals surface area contributed by atoms with Crippen molar-refractivity contribution in [3.63, 3.8) is 0 Å². The molecular formula is C30H45N5O7. The van der Waals surface area contributed by atoms with Gasteiger partial charge in [-0.05, 0) is 55.7 Å². The number of benzene rings is 1. The van der Waals surface area contributed by atoms with Crippen LogP contribution in [0.4, 0.5) is 0 Å². The second-order valence-corrected chi connectivity index (χ2v) is 11.2. The fraction of sp³-hybridized carbons (Fsp3) is 0.633. The highest BCUT2D eigenvalue weighted by atomic mass is 16.5. The zero-order valence-electron chi connectivity index (χ0n) is 24.8. The first-order chi connectivity index (χ1) is 20.2. The standard InChI is InChI=1S/C30H45N5O7/c1-4-20(2)26-30(40)35-17-9-7-11-25(35)29(39)31-23(10-6-5-8-16-34(41)19-36)27(37)32-24(28(38)33-26)18-21-12-14-22(42-3)15-13-21/h12-15,19-20,23-26,41H,4-11,16-18H2,1-3H3,(H,31,39)(H,32,37)(H,33,38)/t20-,23+,24-,25+,26+/m1/s1. The molecule has 3 rings (SSSR count). The number of fused-ring (bicyclic) bond motifs is 1. The summed E-state index contributed by atoms with van der Waals surface area (Å²) < 4.78 is 5.23. The van der Waals surface area contributed by atoms with Gasteiger partial charge in [0, 0.05) is 19.5 Å². The number of hydrogen-bond donors (Lipinski definition) is 4. The van der Waals surface area contributed by atoms with Gasteiger partial charge in [-0.25, -0.2) is 5.06 Å². The van der Waals surface area contributed by atoms with Crippen LogP contribution in [-0.2, 0) is 30.4 Å². The molecule has 0 unspecified atom stereocenters. The van der Waals surface area contributed by atoms with E-state index < -0.39 is 36.0 Å². The van der Waals surface area contributed by atoms with E-state index in [1.165, 1.54) is 0 Å². The van der Waals surface area contributed by atoms with Gasteiger partial charge in [-0.2, -0.15) is 0 Å². The first kappa shape index (κ1) is 32.8. The van der Waals surface area contributed by atoms with E-state index in [-0.39, 0.29) is 37.1 Å². The number of hydroxylamine groups is 2. The Kier molecular flexibility index (Phi) is 12.6. The van der Waals surface area contributed by atoms with Gasteiger partial charge in [0.1, 0.15) is 29.9 Å². The molecule has 4 N–H and O–H groups in total. The molecule has 2 fully saturated rings. The first-order valence-corrected chi connectivity index (χ1v) is 14.9. The molecule has 5 amide bonds. The van der Waals surface area contributed by atoms with E-state index in [2.05, 4.69) is 16.0 Å². The lowest BCUT2D eigenvalue weighted by atomic mass is 9.93. The summed E-state index contributed by atoms with van der Waals surface area (Å²) in [4.78, 5) is 67.0. The van der Waals surface area contributed by atoms with Crippen molar-refractivity contribution < 1.29 is 33.9 Å². The van der Waals surface area contributed by atoms with Crippen LogP contribution in [0.3, 0.4) is 0 Å². The zero-order valence-corrected chi connectivity index (χ0v) is 24.8. The summed E-state index contributed by atoms with van der Waals surface area (Å²) in [6, 6.07) is 3.69. The minimum Gasteiger partial charge on any atom is -0.497 e. The Balaban J connectivity index is 1.90. The lowest BCUT2D eigenvalue weighted by Crippen LogP contribution is -2.64. The highest BCUT2D eigenvalue weighted by molar-refractivity contribution is 5.97. The number of amides is 5. The Hall–Kier alpha value is -3.67. The third-order valence-corrected chi connectivity index (χ3v) is 8.23. The molecule has 12 nitrogen and oxygen atoms in total. The van der Waals surface area contributed by atoms with Crippen LogP contribution in [0.5, 0.6) is 5.75 Å². The molecule has 2 saturated heterocycles. The quantitative estimate of drug-likeness (QED) is 0.125. The molecule has 2 aliphatic rings. The Bertz CT molecular complexity index is 1080. The summed E-state index contributed by atoms with van der Waals surface area (Å²) in [7, 11) is 1.56. The average Bonchev–Trinajstić information content (AvgIpc) is 3.01. The van der Waals surface area contributed by atoms with Gasteiger partial charge in [0.05, 0.1) is 7.11 Å². The zero-order chi connectivity index (χ0) is 30.6. The molecule has 5 atom stereocenters. The van der Waals surface area contributed by atoms with Gasteiger partial charge >= 0.3 is 0 Å². The second-order valence-electron chi connectivity index (χ2n) is 11.2. The van der Waals surface area contributed by atoms with Crippen LogP contribution in [0.25, 0.3) is 0 Å². The normalized spacial score (nSPS) is 24.2. The SMILES string of the molecule is CC[C@@H](C)[C@@H]1NC(=O)[C@@H](Cc2ccc(OC)cc2)NC(=O)[C@H](CCCCCN(O)C=O)NC(=O)[C@@H]2CCCCN2C1=O. The number of methoxy groups -OCH3 is 1. The Labute approximate surface area is 247 Å². The van der Waals surface area contributed by atoms with Crippen molar-refractivity contribution in [2.75, 3.05) is 20.2 Å². The Morgan fingerprint density at radius 2 is 1.69 bits per heavy atom. The number of hydrogen-bond acceptors (Lipinski definition) is 7. The van der Waals surface area contributed by atoms with E-state index in [4.69, 9.17) is 4.74 Å². The number of unbranched alkanes of at least 4 members (excludes halogenated alkanes) is 2. The molecule has 0 spiro atoms. The van der Waals surface area contributed by atoms with Crippen LogP contribution < -0.4 is 20.7 Å². The molecule has 0 saturated carbocycles. The van der Waals surface area contributed by atoms with Crippen molar-refractivity contribution in [3.8, 4) is 5.75 Å². The highest BCUT2D eigenvalue weighted by Crippen LogP contribution is 2.22. The first-order valence-electron chi connectivity index (χ1n) is 14.9. The Morgan fingerprint density at radius 1 is 1.00 bits per heavy atom. The number of rotatable bonds is 12. The van der Waals surface area contributed by atoms with Crippen LogP contribution in [-0.4, -0.2) is 89.6 Å². The van der Waals surface area contributed by atoms with Gasteiger partial charge in [-0.15, -0.1) is 0 Å². The summed E-state index contributed by atoms with van der Waals surface area (Å²) in [5, 5.41) is 18.6. The van der Waals surface area contributed by atoms with E-state index in [1.807, 2.05) is 26.0 Å². The number of nitrogens with one attached hydrogen (secondary N) is 3. The van der Waals surface area contributed by atoms with Gasteiger partial charge in [-0.1, -0.05) is 45.2 Å². The maximum absolute atomic E-state index is 13.9. The van der Waals surface area contributed by atoms with Crippen LogP contribution >= 0.6 is 0 Å². The van der Waals surface area contributed by atoms with E-state index >= 15 is 0 Å². The monoisotopic (exact) mass is 587 g/mol. The molecule has 0 radical (unpaired) electrons. The number of carbonyl (C=O) groups is 5. The summed E-state index contributed by atoms with van der Waals surface area (Å²) in [6.45, 7) is 4.40. The largest absolute Gasteiger partial charge is 0.497 e. The molecule has 12 heteroatoms. The molecule has 42 heavy (non-hydrogen) atoms. The maximum atomic E-state index is 13.9. The fourth-order valence-corrected chi connectivity index (χ4v) is 5.45. The topological polar surface area (TPSA) is 157 Å². The summed E-state index contributed by atoms with van der Waals surface area (Å²) in [5.74, 6) is -1.14. The van der Waals surface area contributed by atoms with E-state index in [0.29, 0.717) is 55.9 Å². The van der Waals surface area contributed by atoms with Crippen LogP contribution in [0, 0.1) is 5.92 Å². The van der Waals surface area contributed by atoms with Crippen molar-refractivity contribution >= 4 is 30.0 Å². The summed E-state index contributed by atoms with van der Waals surface area (Å²) >= 11 is 0. The predicted molar refractivity (Wildman–Crippen MR) is 154 cm³/mol. The smallest absolute Gasteiger partial charge is 0.246 e. The lowest BCUT2D eigenvalue weighted by Gasteiger charge is -2.39. The van der Waals surface area contributed by atoms with Crippen LogP contribution in [0.15, 0.2) is 24.3 Å². The van der Waals surface area contributed by atoms with E-state index in [9.17, 15) is 29.2 Å². The number of ether oxygens (including phenoxy) is 1. The predicted octanol–water partition coefficient (Wildman–Crippen LogP) is 1.54. The molecule has 0 bridgehead atoms. The van der Waals surface area contributed by atoms with Crippen molar-refractivity contribution in [3.05, 3.63) is 29.8 Å². The van der Waals surface area contributed by atoms with Gasteiger partial charge in [0.15, 0.2) is 0 Å².